The predicted molar refractivity (Wildman–Crippen MR) is 73.9 cm³/mol. The number of nitrogens with one attached hydrogen (secondary N) is 3. The fourth-order valence-electron chi connectivity index (χ4n) is 1.85. The van der Waals surface area contributed by atoms with Gasteiger partial charge in [0.1, 0.15) is 5.75 Å². The predicted octanol–water partition coefficient (Wildman–Crippen LogP) is 0.359. The van der Waals surface area contributed by atoms with Crippen molar-refractivity contribution in [2.75, 3.05) is 16.4 Å². The highest BCUT2D eigenvalue weighted by atomic mass is 16.5. The largest absolute Gasteiger partial charge is 0.479 e. The number of nitrogen functional groups attached to an aromatic ring is 1. The maximum absolute atomic E-state index is 11.9. The molecule has 2 amide bonds. The Morgan fingerprint density at radius 1 is 1.48 bits per heavy atom. The summed E-state index contributed by atoms with van der Waals surface area (Å²) >= 11 is 0. The molecule has 2 aromatic rings. The minimum Gasteiger partial charge on any atom is -0.479 e. The molecule has 0 bridgehead atoms. The van der Waals surface area contributed by atoms with Gasteiger partial charge in [0.2, 0.25) is 11.8 Å². The van der Waals surface area contributed by atoms with E-state index in [0.29, 0.717) is 17.1 Å². The van der Waals surface area contributed by atoms with Crippen LogP contribution in [0.1, 0.15) is 17.5 Å². The second-order valence-electron chi connectivity index (χ2n) is 4.46. The second-order valence-corrected chi connectivity index (χ2v) is 4.46. The molecule has 1 atom stereocenters. The van der Waals surface area contributed by atoms with E-state index in [9.17, 15) is 9.59 Å². The number of aromatic amines is 1. The van der Waals surface area contributed by atoms with Crippen molar-refractivity contribution in [3.8, 4) is 5.75 Å². The summed E-state index contributed by atoms with van der Waals surface area (Å²) in [6.07, 6.45) is -0.546. The number of ether oxygens (including phenoxy) is 1. The van der Waals surface area contributed by atoms with E-state index >= 15 is 0 Å². The first-order valence-corrected chi connectivity index (χ1v) is 6.14. The van der Waals surface area contributed by atoms with Crippen LogP contribution < -0.4 is 21.1 Å². The SMILES string of the molecule is CC1Oc2ccc(NC(=O)c3nc(N)n[nH]3)cc2NC1=O. The summed E-state index contributed by atoms with van der Waals surface area (Å²) in [7, 11) is 0. The van der Waals surface area contributed by atoms with Crippen molar-refractivity contribution in [1.82, 2.24) is 15.2 Å². The van der Waals surface area contributed by atoms with Gasteiger partial charge in [-0.15, -0.1) is 5.10 Å². The van der Waals surface area contributed by atoms with E-state index in [1.165, 1.54) is 0 Å². The van der Waals surface area contributed by atoms with Crippen LogP contribution in [0.2, 0.25) is 0 Å². The lowest BCUT2D eigenvalue weighted by atomic mass is 10.2. The summed E-state index contributed by atoms with van der Waals surface area (Å²) < 4.78 is 5.42. The Morgan fingerprint density at radius 3 is 3.00 bits per heavy atom. The summed E-state index contributed by atoms with van der Waals surface area (Å²) in [6, 6.07) is 4.91. The molecule has 0 saturated heterocycles. The molecule has 1 aromatic carbocycles. The fraction of sp³-hybridized carbons (Fsp3) is 0.167. The molecule has 0 saturated carbocycles. The van der Waals surface area contributed by atoms with Crippen LogP contribution >= 0.6 is 0 Å². The van der Waals surface area contributed by atoms with Crippen LogP contribution in [-0.2, 0) is 4.79 Å². The molecule has 108 valence electrons. The third kappa shape index (κ3) is 2.48. The number of carbonyl (C=O) groups is 2. The lowest BCUT2D eigenvalue weighted by Crippen LogP contribution is -2.34. The van der Waals surface area contributed by atoms with E-state index in [1.807, 2.05) is 0 Å². The zero-order valence-electron chi connectivity index (χ0n) is 11.0. The average Bonchev–Trinajstić information content (AvgIpc) is 2.87. The Morgan fingerprint density at radius 2 is 2.29 bits per heavy atom. The van der Waals surface area contributed by atoms with Gasteiger partial charge in [-0.3, -0.25) is 14.7 Å². The summed E-state index contributed by atoms with van der Waals surface area (Å²) in [5.41, 5.74) is 6.30. The normalized spacial score (nSPS) is 16.6. The number of fused-ring (bicyclic) bond motifs is 1. The van der Waals surface area contributed by atoms with Gasteiger partial charge in [0, 0.05) is 5.69 Å². The molecular formula is C12H12N6O3. The van der Waals surface area contributed by atoms with Crippen molar-refractivity contribution in [2.24, 2.45) is 0 Å². The second kappa shape index (κ2) is 4.78. The molecule has 2 heterocycles. The van der Waals surface area contributed by atoms with Gasteiger partial charge in [-0.2, -0.15) is 4.98 Å². The van der Waals surface area contributed by atoms with Gasteiger partial charge in [-0.1, -0.05) is 0 Å². The van der Waals surface area contributed by atoms with E-state index in [4.69, 9.17) is 10.5 Å². The van der Waals surface area contributed by atoms with E-state index < -0.39 is 12.0 Å². The van der Waals surface area contributed by atoms with E-state index in [1.54, 1.807) is 25.1 Å². The molecular weight excluding hydrogens is 276 g/mol. The van der Waals surface area contributed by atoms with Crippen LogP contribution in [0.5, 0.6) is 5.75 Å². The molecule has 9 nitrogen and oxygen atoms in total. The minimum atomic E-state index is -0.546. The number of hydrogen-bond donors (Lipinski definition) is 4. The van der Waals surface area contributed by atoms with E-state index in [2.05, 4.69) is 25.8 Å². The number of H-pyrrole nitrogens is 1. The first kappa shape index (κ1) is 12.9. The van der Waals surface area contributed by atoms with Crippen molar-refractivity contribution >= 4 is 29.1 Å². The molecule has 1 aliphatic heterocycles. The molecule has 0 spiro atoms. The third-order valence-electron chi connectivity index (χ3n) is 2.89. The van der Waals surface area contributed by atoms with Crippen molar-refractivity contribution in [3.63, 3.8) is 0 Å². The number of anilines is 3. The van der Waals surface area contributed by atoms with Crippen molar-refractivity contribution in [3.05, 3.63) is 24.0 Å². The Bertz CT molecular complexity index is 726. The van der Waals surface area contributed by atoms with Gasteiger partial charge in [0.15, 0.2) is 6.10 Å². The maximum Gasteiger partial charge on any atom is 0.293 e. The van der Waals surface area contributed by atoms with Crippen molar-refractivity contribution in [2.45, 2.75) is 13.0 Å². The maximum atomic E-state index is 11.9. The number of aromatic nitrogens is 3. The number of nitrogens with zero attached hydrogens (tertiary/aromatic N) is 2. The summed E-state index contributed by atoms with van der Waals surface area (Å²) in [5.74, 6) is -0.201. The quantitative estimate of drug-likeness (QED) is 0.630. The van der Waals surface area contributed by atoms with Gasteiger partial charge >= 0.3 is 0 Å². The Hall–Kier alpha value is -3.10. The highest BCUT2D eigenvalue weighted by Gasteiger charge is 2.23. The molecule has 9 heteroatoms. The van der Waals surface area contributed by atoms with Crippen LogP contribution in [0.25, 0.3) is 0 Å². The standard InChI is InChI=1S/C12H12N6O3/c1-5-10(19)15-7-4-6(2-3-8(7)21-5)14-11(20)9-16-12(13)18-17-9/h2-5H,1H3,(H,14,20)(H,15,19)(H3,13,16,17,18). The third-order valence-corrected chi connectivity index (χ3v) is 2.89. The molecule has 3 rings (SSSR count). The molecule has 1 aliphatic rings. The average molecular weight is 288 g/mol. The van der Waals surface area contributed by atoms with Crippen LogP contribution in [0.15, 0.2) is 18.2 Å². The zero-order valence-corrected chi connectivity index (χ0v) is 11.0. The Labute approximate surface area is 118 Å². The monoisotopic (exact) mass is 288 g/mol. The number of nitrogens with two attached hydrogens (primary N) is 1. The first-order valence-electron chi connectivity index (χ1n) is 6.14. The van der Waals surface area contributed by atoms with Crippen molar-refractivity contribution in [1.29, 1.82) is 0 Å². The number of amides is 2. The van der Waals surface area contributed by atoms with Gasteiger partial charge in [-0.05, 0) is 25.1 Å². The minimum absolute atomic E-state index is 0.000807. The fourth-order valence-corrected chi connectivity index (χ4v) is 1.85. The molecule has 1 aromatic heterocycles. The van der Waals surface area contributed by atoms with Gasteiger partial charge < -0.3 is 21.1 Å². The van der Waals surface area contributed by atoms with Gasteiger partial charge in [0.25, 0.3) is 11.8 Å². The molecule has 0 radical (unpaired) electrons. The van der Waals surface area contributed by atoms with Crippen LogP contribution in [0.4, 0.5) is 17.3 Å². The van der Waals surface area contributed by atoms with E-state index in [0.717, 1.165) is 0 Å². The summed E-state index contributed by atoms with van der Waals surface area (Å²) in [5, 5.41) is 11.3. The lowest BCUT2D eigenvalue weighted by molar-refractivity contribution is -0.122. The Balaban J connectivity index is 1.80. The number of hydrogen-bond acceptors (Lipinski definition) is 6. The van der Waals surface area contributed by atoms with Crippen molar-refractivity contribution < 1.29 is 14.3 Å². The smallest absolute Gasteiger partial charge is 0.293 e. The molecule has 0 aliphatic carbocycles. The number of rotatable bonds is 2. The highest BCUT2D eigenvalue weighted by molar-refractivity contribution is 6.03. The molecule has 5 N–H and O–H groups in total. The zero-order chi connectivity index (χ0) is 15.0. The summed E-state index contributed by atoms with van der Waals surface area (Å²) in [6.45, 7) is 1.66. The topological polar surface area (TPSA) is 135 Å². The van der Waals surface area contributed by atoms with Gasteiger partial charge in [0.05, 0.1) is 5.69 Å². The van der Waals surface area contributed by atoms with Crippen LogP contribution in [0.3, 0.4) is 0 Å². The summed E-state index contributed by atoms with van der Waals surface area (Å²) in [4.78, 5) is 27.2. The molecule has 21 heavy (non-hydrogen) atoms. The van der Waals surface area contributed by atoms with Crippen LogP contribution in [-0.4, -0.2) is 33.1 Å². The van der Waals surface area contributed by atoms with E-state index in [-0.39, 0.29) is 17.7 Å². The first-order chi connectivity index (χ1) is 10.0. The molecule has 1 unspecified atom stereocenters. The highest BCUT2D eigenvalue weighted by Crippen LogP contribution is 2.32. The number of benzene rings is 1. The Kier molecular flexibility index (Phi) is 2.94. The van der Waals surface area contributed by atoms with Crippen LogP contribution in [0, 0.1) is 0 Å². The lowest BCUT2D eigenvalue weighted by Gasteiger charge is -2.23. The number of carbonyl (C=O) groups excluding carboxylic acids is 2. The van der Waals surface area contributed by atoms with Gasteiger partial charge in [-0.25, -0.2) is 0 Å². The molecule has 0 fully saturated rings.